The average Bonchev–Trinajstić information content (AvgIpc) is 2.36. The molecule has 0 bridgehead atoms. The molecule has 0 radical (unpaired) electrons. The summed E-state index contributed by atoms with van der Waals surface area (Å²) in [7, 11) is 0. The quantitative estimate of drug-likeness (QED) is 0.725. The van der Waals surface area contributed by atoms with Gasteiger partial charge in [0.05, 0.1) is 23.7 Å². The molecule has 19 heavy (non-hydrogen) atoms. The van der Waals surface area contributed by atoms with Crippen LogP contribution in [-0.2, 0) is 14.3 Å². The van der Waals surface area contributed by atoms with Crippen LogP contribution in [0.2, 0.25) is 0 Å². The van der Waals surface area contributed by atoms with Crippen LogP contribution in [0.25, 0.3) is 0 Å². The Morgan fingerprint density at radius 3 is 2.63 bits per heavy atom. The number of aliphatic carboxylic acids is 2. The lowest BCUT2D eigenvalue weighted by molar-refractivity contribution is -0.168. The van der Waals surface area contributed by atoms with Gasteiger partial charge in [-0.2, -0.15) is 0 Å². The summed E-state index contributed by atoms with van der Waals surface area (Å²) in [6.07, 6.45) is 5.51. The Balaban J connectivity index is 2.93. The minimum absolute atomic E-state index is 0.226. The fourth-order valence-electron chi connectivity index (χ4n) is 2.96. The molecule has 0 aromatic carbocycles. The van der Waals surface area contributed by atoms with Gasteiger partial charge in [0.15, 0.2) is 0 Å². The highest BCUT2D eigenvalue weighted by Gasteiger charge is 2.51. The van der Waals surface area contributed by atoms with Gasteiger partial charge in [0.25, 0.3) is 0 Å². The Bertz CT molecular complexity index is 363. The molecule has 0 amide bonds. The summed E-state index contributed by atoms with van der Waals surface area (Å²) >= 11 is 0. The molecule has 1 saturated carbocycles. The van der Waals surface area contributed by atoms with Gasteiger partial charge in [0.2, 0.25) is 0 Å². The fraction of sp³-hybridized carbons (Fsp3) is 0.714. The van der Waals surface area contributed by atoms with Crippen LogP contribution < -0.4 is 0 Å². The van der Waals surface area contributed by atoms with Crippen molar-refractivity contribution < 1.29 is 24.5 Å². The highest BCUT2D eigenvalue weighted by Crippen LogP contribution is 2.45. The molecule has 0 aliphatic heterocycles. The van der Waals surface area contributed by atoms with Crippen LogP contribution >= 0.6 is 0 Å². The number of allylic oxidation sites excluding steroid dienone is 1. The molecule has 0 heterocycles. The summed E-state index contributed by atoms with van der Waals surface area (Å²) in [5.41, 5.74) is -1.20. The lowest BCUT2D eigenvalue weighted by Crippen LogP contribution is -2.46. The standard InChI is InChI=1S/C14H22O5/c1-3-8-19-10(2)9-14(13(17)18)7-5-4-6-11(14)12(15)16/h3,8,10-11H,4-7,9H2,1-2H3,(H,15,16)(H,17,18). The smallest absolute Gasteiger partial charge is 0.310 e. The van der Waals surface area contributed by atoms with Crippen LogP contribution in [0.15, 0.2) is 12.3 Å². The molecule has 0 spiro atoms. The van der Waals surface area contributed by atoms with Crippen LogP contribution in [0, 0.1) is 11.3 Å². The van der Waals surface area contributed by atoms with Crippen molar-refractivity contribution in [2.75, 3.05) is 0 Å². The van der Waals surface area contributed by atoms with E-state index in [-0.39, 0.29) is 12.5 Å². The monoisotopic (exact) mass is 270 g/mol. The van der Waals surface area contributed by atoms with E-state index in [2.05, 4.69) is 0 Å². The number of ether oxygens (including phenoxy) is 1. The first-order valence-electron chi connectivity index (χ1n) is 6.67. The maximum atomic E-state index is 11.7. The molecule has 2 N–H and O–H groups in total. The lowest BCUT2D eigenvalue weighted by atomic mass is 9.63. The molecule has 5 nitrogen and oxygen atoms in total. The number of hydrogen-bond donors (Lipinski definition) is 2. The highest BCUT2D eigenvalue weighted by atomic mass is 16.5. The summed E-state index contributed by atoms with van der Waals surface area (Å²) in [5.74, 6) is -2.86. The van der Waals surface area contributed by atoms with Gasteiger partial charge in [-0.25, -0.2) is 0 Å². The maximum absolute atomic E-state index is 11.7. The predicted molar refractivity (Wildman–Crippen MR) is 69.6 cm³/mol. The second kappa shape index (κ2) is 6.59. The molecule has 1 aliphatic rings. The van der Waals surface area contributed by atoms with Crippen molar-refractivity contribution in [2.24, 2.45) is 11.3 Å². The average molecular weight is 270 g/mol. The molecule has 3 atom stereocenters. The second-order valence-corrected chi connectivity index (χ2v) is 5.22. The highest BCUT2D eigenvalue weighted by molar-refractivity contribution is 5.83. The van der Waals surface area contributed by atoms with Crippen molar-refractivity contribution in [3.8, 4) is 0 Å². The SMILES string of the molecule is CC=COC(C)CC1(C(=O)O)CCCCC1C(=O)O. The summed E-state index contributed by atoms with van der Waals surface area (Å²) in [5, 5.41) is 18.8. The molecule has 1 rings (SSSR count). The Kier molecular flexibility index (Phi) is 5.39. The number of hydrogen-bond acceptors (Lipinski definition) is 3. The zero-order valence-electron chi connectivity index (χ0n) is 11.5. The van der Waals surface area contributed by atoms with E-state index in [1.807, 2.05) is 0 Å². The van der Waals surface area contributed by atoms with Crippen molar-refractivity contribution in [1.82, 2.24) is 0 Å². The van der Waals surface area contributed by atoms with Crippen LogP contribution in [0.1, 0.15) is 46.0 Å². The molecular formula is C14H22O5. The van der Waals surface area contributed by atoms with Gasteiger partial charge >= 0.3 is 11.9 Å². The van der Waals surface area contributed by atoms with Gasteiger partial charge in [-0.05, 0) is 26.7 Å². The van der Waals surface area contributed by atoms with Crippen molar-refractivity contribution >= 4 is 11.9 Å². The van der Waals surface area contributed by atoms with Crippen LogP contribution in [0.4, 0.5) is 0 Å². The zero-order valence-corrected chi connectivity index (χ0v) is 11.5. The second-order valence-electron chi connectivity index (χ2n) is 5.22. The van der Waals surface area contributed by atoms with Crippen molar-refractivity contribution in [2.45, 2.75) is 52.1 Å². The predicted octanol–water partition coefficient (Wildman–Crippen LogP) is 2.66. The van der Waals surface area contributed by atoms with Gasteiger partial charge in [0.1, 0.15) is 0 Å². The normalized spacial score (nSPS) is 29.1. The third kappa shape index (κ3) is 3.49. The van der Waals surface area contributed by atoms with Gasteiger partial charge in [-0.15, -0.1) is 0 Å². The Hall–Kier alpha value is -1.52. The van der Waals surface area contributed by atoms with E-state index in [0.717, 1.165) is 12.8 Å². The van der Waals surface area contributed by atoms with Crippen molar-refractivity contribution in [3.63, 3.8) is 0 Å². The minimum Gasteiger partial charge on any atom is -0.499 e. The first-order chi connectivity index (χ1) is 8.94. The van der Waals surface area contributed by atoms with E-state index in [1.54, 1.807) is 19.9 Å². The van der Waals surface area contributed by atoms with E-state index < -0.39 is 23.3 Å². The topological polar surface area (TPSA) is 83.8 Å². The summed E-state index contributed by atoms with van der Waals surface area (Å²) in [4.78, 5) is 23.0. The number of rotatable bonds is 6. The number of carboxylic acid groups (broad SMARTS) is 2. The van der Waals surface area contributed by atoms with Crippen LogP contribution in [0.3, 0.4) is 0 Å². The molecule has 0 aromatic heterocycles. The molecule has 0 saturated heterocycles. The van der Waals surface area contributed by atoms with E-state index >= 15 is 0 Å². The first kappa shape index (κ1) is 15.5. The van der Waals surface area contributed by atoms with E-state index in [9.17, 15) is 19.8 Å². The van der Waals surface area contributed by atoms with Crippen molar-refractivity contribution in [1.29, 1.82) is 0 Å². The molecule has 0 aromatic rings. The fourth-order valence-corrected chi connectivity index (χ4v) is 2.96. The Morgan fingerprint density at radius 1 is 1.42 bits per heavy atom. The minimum atomic E-state index is -1.20. The Labute approximate surface area is 113 Å². The van der Waals surface area contributed by atoms with Crippen LogP contribution in [-0.4, -0.2) is 28.3 Å². The van der Waals surface area contributed by atoms with Crippen LogP contribution in [0.5, 0.6) is 0 Å². The Morgan fingerprint density at radius 2 is 2.11 bits per heavy atom. The zero-order chi connectivity index (χ0) is 14.5. The number of carbonyl (C=O) groups is 2. The van der Waals surface area contributed by atoms with Gasteiger partial charge in [-0.3, -0.25) is 9.59 Å². The first-order valence-corrected chi connectivity index (χ1v) is 6.67. The summed E-state index contributed by atoms with van der Waals surface area (Å²) in [6.45, 7) is 3.58. The van der Waals surface area contributed by atoms with Crippen molar-refractivity contribution in [3.05, 3.63) is 12.3 Å². The van der Waals surface area contributed by atoms with Gasteiger partial charge < -0.3 is 14.9 Å². The molecule has 5 heteroatoms. The van der Waals surface area contributed by atoms with Gasteiger partial charge in [0, 0.05) is 6.42 Å². The summed E-state index contributed by atoms with van der Waals surface area (Å²) in [6, 6.07) is 0. The number of carboxylic acids is 2. The molecule has 1 fully saturated rings. The molecular weight excluding hydrogens is 248 g/mol. The summed E-state index contributed by atoms with van der Waals surface area (Å²) < 4.78 is 5.36. The third-order valence-electron chi connectivity index (χ3n) is 3.86. The maximum Gasteiger partial charge on any atom is 0.310 e. The third-order valence-corrected chi connectivity index (χ3v) is 3.86. The molecule has 3 unspecified atom stereocenters. The van der Waals surface area contributed by atoms with E-state index in [0.29, 0.717) is 12.8 Å². The largest absolute Gasteiger partial charge is 0.499 e. The van der Waals surface area contributed by atoms with Gasteiger partial charge in [-0.1, -0.05) is 18.9 Å². The van der Waals surface area contributed by atoms with E-state index in [1.165, 1.54) is 6.26 Å². The molecule has 1 aliphatic carbocycles. The lowest BCUT2D eigenvalue weighted by Gasteiger charge is -2.39. The molecule has 108 valence electrons. The van der Waals surface area contributed by atoms with E-state index in [4.69, 9.17) is 4.74 Å².